The van der Waals surface area contributed by atoms with Gasteiger partial charge in [-0.05, 0) is 68.2 Å². The lowest BCUT2D eigenvalue weighted by Crippen LogP contribution is -2.33. The molecular weight excluding hydrogens is 336 g/mol. The Labute approximate surface area is 162 Å². The molecule has 1 aromatic heterocycles. The lowest BCUT2D eigenvalue weighted by molar-refractivity contribution is 0.318. The van der Waals surface area contributed by atoms with Crippen molar-refractivity contribution in [1.29, 1.82) is 0 Å². The first-order chi connectivity index (χ1) is 13.3. The first-order valence-electron chi connectivity index (χ1n) is 11.1. The summed E-state index contributed by atoms with van der Waals surface area (Å²) in [6.45, 7) is 1.18. The van der Waals surface area contributed by atoms with Crippen LogP contribution in [0.2, 0.25) is 0 Å². The predicted octanol–water partition coefficient (Wildman–Crippen LogP) is 5.49. The van der Waals surface area contributed by atoms with Crippen LogP contribution >= 0.6 is 0 Å². The minimum Gasteiger partial charge on any atom is -0.408 e. The van der Waals surface area contributed by atoms with Crippen LogP contribution in [0.3, 0.4) is 0 Å². The summed E-state index contributed by atoms with van der Waals surface area (Å²) in [5.41, 5.74) is 2.83. The van der Waals surface area contributed by atoms with Crippen molar-refractivity contribution in [3.05, 3.63) is 34.3 Å². The number of aromatic nitrogens is 1. The quantitative estimate of drug-likeness (QED) is 0.634. The summed E-state index contributed by atoms with van der Waals surface area (Å²) < 4.78 is 5.11. The van der Waals surface area contributed by atoms with Crippen LogP contribution in [-0.4, -0.2) is 17.6 Å². The van der Waals surface area contributed by atoms with Gasteiger partial charge in [-0.25, -0.2) is 4.79 Å². The molecule has 0 atom stereocenters. The molecule has 2 fully saturated rings. The number of fused-ring (bicyclic) bond motifs is 1. The molecule has 148 valence electrons. The van der Waals surface area contributed by atoms with Gasteiger partial charge in [-0.15, -0.1) is 0 Å². The number of aromatic amines is 1. The maximum absolute atomic E-state index is 11.3. The Bertz CT molecular complexity index is 764. The van der Waals surface area contributed by atoms with E-state index in [0.717, 1.165) is 11.4 Å². The fourth-order valence-corrected chi connectivity index (χ4v) is 5.19. The molecule has 1 heterocycles. The molecule has 27 heavy (non-hydrogen) atoms. The largest absolute Gasteiger partial charge is 0.417 e. The second-order valence-electron chi connectivity index (χ2n) is 8.77. The van der Waals surface area contributed by atoms with Crippen LogP contribution < -0.4 is 11.1 Å². The Morgan fingerprint density at radius 2 is 1.81 bits per heavy atom. The highest BCUT2D eigenvalue weighted by Gasteiger charge is 2.22. The highest BCUT2D eigenvalue weighted by Crippen LogP contribution is 2.34. The zero-order chi connectivity index (χ0) is 18.5. The first kappa shape index (κ1) is 18.8. The molecule has 2 aliphatic rings. The Balaban J connectivity index is 1.15. The molecule has 2 N–H and O–H groups in total. The van der Waals surface area contributed by atoms with E-state index in [1.165, 1.54) is 89.2 Å². The third kappa shape index (κ3) is 5.04. The average Bonchev–Trinajstić information content (AvgIpc) is 3.08. The number of benzene rings is 1. The highest BCUT2D eigenvalue weighted by molar-refractivity contribution is 5.72. The number of nitrogens with one attached hydrogen (secondary N) is 2. The third-order valence-corrected chi connectivity index (χ3v) is 6.84. The van der Waals surface area contributed by atoms with Gasteiger partial charge in [0.2, 0.25) is 0 Å². The number of oxazole rings is 1. The standard InChI is InChI=1S/C23H34N2O2/c26-23-25-21-16-19(11-14-22(21)27-23)18-9-12-20(13-10-18)24-15-5-4-8-17-6-2-1-3-7-17/h11,14,16-18,20,24H,1-10,12-13,15H2,(H,25,26). The molecule has 0 unspecified atom stereocenters. The van der Waals surface area contributed by atoms with Crippen molar-refractivity contribution in [2.24, 2.45) is 5.92 Å². The van der Waals surface area contributed by atoms with Crippen molar-refractivity contribution < 1.29 is 4.42 Å². The molecule has 1 aromatic carbocycles. The minimum absolute atomic E-state index is 0.362. The van der Waals surface area contributed by atoms with Crippen molar-refractivity contribution in [2.75, 3.05) is 6.54 Å². The van der Waals surface area contributed by atoms with Gasteiger partial charge >= 0.3 is 5.76 Å². The van der Waals surface area contributed by atoms with Crippen molar-refractivity contribution >= 4 is 11.1 Å². The highest BCUT2D eigenvalue weighted by atomic mass is 16.4. The molecular formula is C23H34N2O2. The zero-order valence-corrected chi connectivity index (χ0v) is 16.5. The van der Waals surface area contributed by atoms with Gasteiger partial charge in [0.1, 0.15) is 0 Å². The van der Waals surface area contributed by atoms with Gasteiger partial charge in [-0.1, -0.05) is 51.0 Å². The van der Waals surface area contributed by atoms with E-state index in [2.05, 4.69) is 22.4 Å². The van der Waals surface area contributed by atoms with Crippen LogP contribution in [0.15, 0.2) is 27.4 Å². The number of rotatable bonds is 7. The van der Waals surface area contributed by atoms with Crippen molar-refractivity contribution in [1.82, 2.24) is 10.3 Å². The smallest absolute Gasteiger partial charge is 0.408 e. The van der Waals surface area contributed by atoms with Crippen LogP contribution in [0.4, 0.5) is 0 Å². The molecule has 0 amide bonds. The molecule has 0 radical (unpaired) electrons. The average molecular weight is 371 g/mol. The second kappa shape index (κ2) is 9.09. The SMILES string of the molecule is O=c1[nH]c2cc(C3CCC(NCCCCC4CCCCC4)CC3)ccc2o1. The fraction of sp³-hybridized carbons (Fsp3) is 0.696. The number of H-pyrrole nitrogens is 1. The topological polar surface area (TPSA) is 58.0 Å². The summed E-state index contributed by atoms with van der Waals surface area (Å²) in [7, 11) is 0. The summed E-state index contributed by atoms with van der Waals surface area (Å²) >= 11 is 0. The molecule has 2 aromatic rings. The molecule has 0 bridgehead atoms. The van der Waals surface area contributed by atoms with Gasteiger partial charge in [0, 0.05) is 6.04 Å². The normalized spacial score (nSPS) is 24.4. The molecule has 4 nitrogen and oxygen atoms in total. The van der Waals surface area contributed by atoms with E-state index in [9.17, 15) is 4.79 Å². The molecule has 0 saturated heterocycles. The van der Waals surface area contributed by atoms with Gasteiger partial charge < -0.3 is 9.73 Å². The van der Waals surface area contributed by atoms with Crippen molar-refractivity contribution in [2.45, 2.75) is 89.0 Å². The van der Waals surface area contributed by atoms with E-state index in [-0.39, 0.29) is 5.76 Å². The van der Waals surface area contributed by atoms with Crippen molar-refractivity contribution in [3.63, 3.8) is 0 Å². The van der Waals surface area contributed by atoms with Gasteiger partial charge in [0.15, 0.2) is 5.58 Å². The summed E-state index contributed by atoms with van der Waals surface area (Å²) in [4.78, 5) is 14.1. The molecule has 2 saturated carbocycles. The van der Waals surface area contributed by atoms with Gasteiger partial charge in [-0.2, -0.15) is 0 Å². The van der Waals surface area contributed by atoms with Crippen LogP contribution in [-0.2, 0) is 0 Å². The molecule has 4 rings (SSSR count). The summed E-state index contributed by atoms with van der Waals surface area (Å²) in [6.07, 6.45) is 16.5. The Kier molecular flexibility index (Phi) is 6.33. The van der Waals surface area contributed by atoms with Gasteiger partial charge in [-0.3, -0.25) is 4.98 Å². The van der Waals surface area contributed by atoms with E-state index in [0.29, 0.717) is 17.5 Å². The third-order valence-electron chi connectivity index (χ3n) is 6.84. The van der Waals surface area contributed by atoms with E-state index < -0.39 is 0 Å². The van der Waals surface area contributed by atoms with Crippen molar-refractivity contribution in [3.8, 4) is 0 Å². The van der Waals surface area contributed by atoms with E-state index >= 15 is 0 Å². The van der Waals surface area contributed by atoms with Crippen LogP contribution in [0.5, 0.6) is 0 Å². The maximum Gasteiger partial charge on any atom is 0.417 e. The molecule has 0 spiro atoms. The number of hydrogen-bond donors (Lipinski definition) is 2. The fourth-order valence-electron chi connectivity index (χ4n) is 5.19. The summed E-state index contributed by atoms with van der Waals surface area (Å²) in [6, 6.07) is 6.85. The van der Waals surface area contributed by atoms with E-state index in [1.807, 2.05) is 6.07 Å². The van der Waals surface area contributed by atoms with Gasteiger partial charge in [0.05, 0.1) is 5.52 Å². The Hall–Kier alpha value is -1.55. The zero-order valence-electron chi connectivity index (χ0n) is 16.5. The lowest BCUT2D eigenvalue weighted by Gasteiger charge is -2.29. The minimum atomic E-state index is -0.362. The lowest BCUT2D eigenvalue weighted by atomic mass is 9.81. The maximum atomic E-state index is 11.3. The van der Waals surface area contributed by atoms with Crippen LogP contribution in [0.1, 0.15) is 88.5 Å². The predicted molar refractivity (Wildman–Crippen MR) is 110 cm³/mol. The van der Waals surface area contributed by atoms with Gasteiger partial charge in [0.25, 0.3) is 0 Å². The Morgan fingerprint density at radius 3 is 2.63 bits per heavy atom. The van der Waals surface area contributed by atoms with Crippen LogP contribution in [0.25, 0.3) is 11.1 Å². The second-order valence-corrected chi connectivity index (χ2v) is 8.77. The molecule has 4 heteroatoms. The van der Waals surface area contributed by atoms with Crippen LogP contribution in [0, 0.1) is 5.92 Å². The van der Waals surface area contributed by atoms with E-state index in [4.69, 9.17) is 4.42 Å². The number of unbranched alkanes of at least 4 members (excludes halogenated alkanes) is 1. The first-order valence-corrected chi connectivity index (χ1v) is 11.1. The monoisotopic (exact) mass is 370 g/mol. The summed E-state index contributed by atoms with van der Waals surface area (Å²) in [5, 5.41) is 3.80. The molecule has 0 aliphatic heterocycles. The van der Waals surface area contributed by atoms with E-state index in [1.54, 1.807) is 0 Å². The molecule has 2 aliphatic carbocycles. The Morgan fingerprint density at radius 1 is 1.00 bits per heavy atom. The number of hydrogen-bond acceptors (Lipinski definition) is 3. The summed E-state index contributed by atoms with van der Waals surface area (Å²) in [5.74, 6) is 1.27.